The second kappa shape index (κ2) is 5.24. The Morgan fingerprint density at radius 3 is 2.61 bits per heavy atom. The Balaban J connectivity index is 3.18. The van der Waals surface area contributed by atoms with Crippen LogP contribution in [0.2, 0.25) is 0 Å². The zero-order valence-electron chi connectivity index (χ0n) is 8.86. The van der Waals surface area contributed by atoms with E-state index < -0.39 is 37.9 Å². The van der Waals surface area contributed by atoms with E-state index in [1.807, 2.05) is 0 Å². The van der Waals surface area contributed by atoms with Crippen LogP contribution in [-0.4, -0.2) is 19.2 Å². The highest BCUT2D eigenvalue weighted by Gasteiger charge is 2.26. The quantitative estimate of drug-likeness (QED) is 0.618. The molecule has 8 nitrogen and oxygen atoms in total. The number of sulfonamides is 1. The number of para-hydroxylation sites is 1. The van der Waals surface area contributed by atoms with Gasteiger partial charge in [0.05, 0.1) is 11.0 Å². The standard InChI is InChI=1S/C9H7N3O5S/c10-6-5-9(13)11-18(16,17)8-4-2-1-3-7(8)12(14)15/h1-4H,5H2,(H,11,13). The molecule has 0 saturated carbocycles. The molecule has 0 spiro atoms. The minimum Gasteiger partial charge on any atom is -0.273 e. The highest BCUT2D eigenvalue weighted by atomic mass is 32.2. The van der Waals surface area contributed by atoms with Crippen LogP contribution < -0.4 is 4.72 Å². The number of nitro benzene ring substituents is 1. The monoisotopic (exact) mass is 269 g/mol. The average molecular weight is 269 g/mol. The van der Waals surface area contributed by atoms with Crippen molar-refractivity contribution in [2.24, 2.45) is 0 Å². The van der Waals surface area contributed by atoms with Crippen LogP contribution in [0.5, 0.6) is 0 Å². The van der Waals surface area contributed by atoms with Gasteiger partial charge in [0.2, 0.25) is 5.91 Å². The lowest BCUT2D eigenvalue weighted by Crippen LogP contribution is -2.30. The largest absolute Gasteiger partial charge is 0.289 e. The van der Waals surface area contributed by atoms with Crippen LogP contribution in [0.15, 0.2) is 29.2 Å². The molecule has 0 aliphatic heterocycles. The molecule has 0 saturated heterocycles. The first kappa shape index (κ1) is 13.6. The molecular weight excluding hydrogens is 262 g/mol. The maximum Gasteiger partial charge on any atom is 0.289 e. The minimum atomic E-state index is -4.35. The molecule has 0 atom stereocenters. The van der Waals surface area contributed by atoms with Gasteiger partial charge in [0.25, 0.3) is 15.7 Å². The molecule has 0 heterocycles. The van der Waals surface area contributed by atoms with Gasteiger partial charge in [0.15, 0.2) is 4.90 Å². The number of carbonyl (C=O) groups excluding carboxylic acids is 1. The van der Waals surface area contributed by atoms with Gasteiger partial charge in [-0.3, -0.25) is 14.9 Å². The molecule has 1 aromatic carbocycles. The first-order chi connectivity index (χ1) is 8.38. The van der Waals surface area contributed by atoms with Crippen LogP contribution in [0.3, 0.4) is 0 Å². The van der Waals surface area contributed by atoms with Gasteiger partial charge in [-0.15, -0.1) is 0 Å². The van der Waals surface area contributed by atoms with Crippen LogP contribution in [-0.2, 0) is 14.8 Å². The van der Waals surface area contributed by atoms with E-state index in [1.54, 1.807) is 4.72 Å². The second-order valence-corrected chi connectivity index (χ2v) is 4.74. The maximum atomic E-state index is 11.7. The Labute approximate surface area is 102 Å². The molecule has 1 N–H and O–H groups in total. The maximum absolute atomic E-state index is 11.7. The van der Waals surface area contributed by atoms with E-state index in [9.17, 15) is 23.3 Å². The fourth-order valence-electron chi connectivity index (χ4n) is 1.15. The van der Waals surface area contributed by atoms with Crippen molar-refractivity contribution in [2.75, 3.05) is 0 Å². The summed E-state index contributed by atoms with van der Waals surface area (Å²) in [4.78, 5) is 20.2. The molecule has 0 aromatic heterocycles. The molecule has 18 heavy (non-hydrogen) atoms. The highest BCUT2D eigenvalue weighted by Crippen LogP contribution is 2.22. The summed E-state index contributed by atoms with van der Waals surface area (Å²) in [6.07, 6.45) is -0.653. The number of nitrogens with one attached hydrogen (secondary N) is 1. The summed E-state index contributed by atoms with van der Waals surface area (Å²) in [5.74, 6) is -1.05. The van der Waals surface area contributed by atoms with Gasteiger partial charge in [0, 0.05) is 6.07 Å². The van der Waals surface area contributed by atoms with Crippen molar-refractivity contribution in [3.8, 4) is 6.07 Å². The van der Waals surface area contributed by atoms with E-state index in [-0.39, 0.29) is 0 Å². The van der Waals surface area contributed by atoms with Crippen molar-refractivity contribution >= 4 is 21.6 Å². The van der Waals surface area contributed by atoms with Gasteiger partial charge in [-0.25, -0.2) is 13.1 Å². The molecule has 0 unspecified atom stereocenters. The Bertz CT molecular complexity index is 632. The predicted octanol–water partition coefficient (Wildman–Crippen LogP) is 0.313. The van der Waals surface area contributed by atoms with E-state index in [2.05, 4.69) is 0 Å². The van der Waals surface area contributed by atoms with Crippen LogP contribution >= 0.6 is 0 Å². The topological polar surface area (TPSA) is 130 Å². The second-order valence-electron chi connectivity index (χ2n) is 3.09. The number of carbonyl (C=O) groups is 1. The molecule has 1 aromatic rings. The number of nitriles is 1. The van der Waals surface area contributed by atoms with Gasteiger partial charge >= 0.3 is 0 Å². The number of rotatable bonds is 4. The number of hydrogen-bond acceptors (Lipinski definition) is 6. The van der Waals surface area contributed by atoms with Gasteiger partial charge < -0.3 is 0 Å². The van der Waals surface area contributed by atoms with Crippen LogP contribution in [0.4, 0.5) is 5.69 Å². The minimum absolute atomic E-state index is 0.624. The van der Waals surface area contributed by atoms with E-state index in [1.165, 1.54) is 18.2 Å². The lowest BCUT2D eigenvalue weighted by atomic mass is 10.3. The lowest BCUT2D eigenvalue weighted by Gasteiger charge is -2.05. The van der Waals surface area contributed by atoms with Crippen molar-refractivity contribution < 1.29 is 18.1 Å². The van der Waals surface area contributed by atoms with Crippen molar-refractivity contribution in [3.63, 3.8) is 0 Å². The average Bonchev–Trinajstić information content (AvgIpc) is 2.28. The Kier molecular flexibility index (Phi) is 3.96. The van der Waals surface area contributed by atoms with Gasteiger partial charge in [-0.1, -0.05) is 12.1 Å². The molecule has 0 bridgehead atoms. The summed E-state index contributed by atoms with van der Waals surface area (Å²) in [6, 6.07) is 6.06. The van der Waals surface area contributed by atoms with Crippen LogP contribution in [0.1, 0.15) is 6.42 Å². The first-order valence-corrected chi connectivity index (χ1v) is 6.03. The first-order valence-electron chi connectivity index (χ1n) is 4.54. The molecule has 0 radical (unpaired) electrons. The van der Waals surface area contributed by atoms with Crippen molar-refractivity contribution in [3.05, 3.63) is 34.4 Å². The third kappa shape index (κ3) is 3.02. The zero-order valence-corrected chi connectivity index (χ0v) is 9.68. The van der Waals surface area contributed by atoms with Gasteiger partial charge in [-0.2, -0.15) is 5.26 Å². The number of nitrogens with zero attached hydrogens (tertiary/aromatic N) is 2. The normalized spacial score (nSPS) is 10.4. The smallest absolute Gasteiger partial charge is 0.273 e. The molecule has 0 aliphatic rings. The van der Waals surface area contributed by atoms with E-state index >= 15 is 0 Å². The highest BCUT2D eigenvalue weighted by molar-refractivity contribution is 7.90. The van der Waals surface area contributed by atoms with E-state index in [4.69, 9.17) is 5.26 Å². The lowest BCUT2D eigenvalue weighted by molar-refractivity contribution is -0.387. The fourth-order valence-corrected chi connectivity index (χ4v) is 2.31. The SMILES string of the molecule is N#CCC(=O)NS(=O)(=O)c1ccccc1[N+](=O)[O-]. The Hall–Kier alpha value is -2.47. The summed E-state index contributed by atoms with van der Waals surface area (Å²) in [6.45, 7) is 0. The van der Waals surface area contributed by atoms with Crippen LogP contribution in [0, 0.1) is 21.4 Å². The van der Waals surface area contributed by atoms with E-state index in [0.717, 1.165) is 12.1 Å². The third-order valence-electron chi connectivity index (χ3n) is 1.84. The summed E-state index contributed by atoms with van der Waals surface area (Å²) >= 11 is 0. The number of benzene rings is 1. The molecule has 94 valence electrons. The van der Waals surface area contributed by atoms with Crippen molar-refractivity contribution in [2.45, 2.75) is 11.3 Å². The fraction of sp³-hybridized carbons (Fsp3) is 0.111. The Morgan fingerprint density at radius 2 is 2.06 bits per heavy atom. The summed E-state index contributed by atoms with van der Waals surface area (Å²) in [5, 5.41) is 18.9. The van der Waals surface area contributed by atoms with Crippen molar-refractivity contribution in [1.29, 1.82) is 5.26 Å². The number of hydrogen-bond donors (Lipinski definition) is 1. The number of amides is 1. The van der Waals surface area contributed by atoms with E-state index in [0.29, 0.717) is 0 Å². The van der Waals surface area contributed by atoms with Crippen LogP contribution in [0.25, 0.3) is 0 Å². The number of nitro groups is 1. The molecule has 0 aliphatic carbocycles. The van der Waals surface area contributed by atoms with Gasteiger partial charge in [0.1, 0.15) is 6.42 Å². The molecule has 0 fully saturated rings. The third-order valence-corrected chi connectivity index (χ3v) is 3.26. The summed E-state index contributed by atoms with van der Waals surface area (Å²) in [7, 11) is -4.35. The summed E-state index contributed by atoms with van der Waals surface area (Å²) in [5.41, 5.74) is -0.644. The molecule has 1 rings (SSSR count). The summed E-state index contributed by atoms with van der Waals surface area (Å²) < 4.78 is 25.0. The van der Waals surface area contributed by atoms with Crippen molar-refractivity contribution in [1.82, 2.24) is 4.72 Å². The molecule has 9 heteroatoms. The zero-order chi connectivity index (χ0) is 13.8. The predicted molar refractivity (Wildman–Crippen MR) is 58.7 cm³/mol. The molecular formula is C9H7N3O5S. The van der Waals surface area contributed by atoms with Gasteiger partial charge in [-0.05, 0) is 6.07 Å². The molecule has 1 amide bonds. The Morgan fingerprint density at radius 1 is 1.44 bits per heavy atom.